The molecule has 0 spiro atoms. The van der Waals surface area contributed by atoms with Gasteiger partial charge in [-0.2, -0.15) is 0 Å². The largest absolute Gasteiger partial charge is 0.384 e. The first kappa shape index (κ1) is 10.2. The molecule has 3 N–H and O–H groups in total. The van der Waals surface area contributed by atoms with Gasteiger partial charge >= 0.3 is 0 Å². The van der Waals surface area contributed by atoms with Crippen LogP contribution in [0.2, 0.25) is 0 Å². The van der Waals surface area contributed by atoms with Gasteiger partial charge in [0.25, 0.3) is 0 Å². The van der Waals surface area contributed by atoms with E-state index < -0.39 is 0 Å². The van der Waals surface area contributed by atoms with E-state index in [4.69, 9.17) is 10.5 Å². The summed E-state index contributed by atoms with van der Waals surface area (Å²) < 4.78 is 4.95. The Morgan fingerprint density at radius 2 is 2.40 bits per heavy atom. The van der Waals surface area contributed by atoms with Crippen molar-refractivity contribution in [2.45, 2.75) is 5.16 Å². The number of nitrogens with zero attached hydrogens (tertiary/aromatic N) is 3. The molecule has 0 aliphatic carbocycles. The average Bonchev–Trinajstić information content (AvgIpc) is 2.63. The molecule has 0 atom stereocenters. The summed E-state index contributed by atoms with van der Waals surface area (Å²) in [6.45, 7) is 0.683. The summed E-state index contributed by atoms with van der Waals surface area (Å²) in [5.74, 6) is 1.26. The van der Waals surface area contributed by atoms with Crippen LogP contribution >= 0.6 is 11.8 Å². The summed E-state index contributed by atoms with van der Waals surface area (Å²) in [4.78, 5) is 15.2. The van der Waals surface area contributed by atoms with Gasteiger partial charge < -0.3 is 15.5 Å². The summed E-state index contributed by atoms with van der Waals surface area (Å²) in [6.07, 6.45) is 1.40. The van der Waals surface area contributed by atoms with Crippen LogP contribution in [0.1, 0.15) is 0 Å². The lowest BCUT2D eigenvalue weighted by molar-refractivity contribution is 0.218. The molecule has 0 amide bonds. The van der Waals surface area contributed by atoms with E-state index in [0.717, 1.165) is 10.9 Å². The fraction of sp³-hybridized carbons (Fsp3) is 0.375. The lowest BCUT2D eigenvalue weighted by Gasteiger charge is -1.94. The molecule has 0 saturated heterocycles. The Labute approximate surface area is 90.7 Å². The fourth-order valence-corrected chi connectivity index (χ4v) is 1.88. The van der Waals surface area contributed by atoms with Crippen LogP contribution in [-0.2, 0) is 4.74 Å². The Morgan fingerprint density at radius 3 is 3.13 bits per heavy atom. The standard InChI is InChI=1S/C8H11N5OS/c1-14-2-3-15-8-12-5-6(9)10-4-11-7(5)13-8/h4H,2-3H2,1H3,(H3,9,10,11,12,13). The van der Waals surface area contributed by atoms with Crippen molar-refractivity contribution in [3.05, 3.63) is 6.33 Å². The first-order chi connectivity index (χ1) is 7.31. The zero-order valence-corrected chi connectivity index (χ0v) is 9.04. The number of rotatable bonds is 4. The minimum absolute atomic E-state index is 0.422. The van der Waals surface area contributed by atoms with Gasteiger partial charge in [0.15, 0.2) is 16.6 Å². The third kappa shape index (κ3) is 2.18. The van der Waals surface area contributed by atoms with Gasteiger partial charge in [0.1, 0.15) is 11.8 Å². The van der Waals surface area contributed by atoms with E-state index in [1.165, 1.54) is 6.33 Å². The highest BCUT2D eigenvalue weighted by atomic mass is 32.2. The van der Waals surface area contributed by atoms with Crippen LogP contribution in [0.25, 0.3) is 11.2 Å². The normalized spacial score (nSPS) is 11.0. The third-order valence-corrected chi connectivity index (χ3v) is 2.66. The summed E-state index contributed by atoms with van der Waals surface area (Å²) in [5, 5.41) is 0.786. The fourth-order valence-electron chi connectivity index (χ4n) is 1.12. The van der Waals surface area contributed by atoms with E-state index >= 15 is 0 Å². The second-order valence-corrected chi connectivity index (χ2v) is 3.92. The Hall–Kier alpha value is -1.34. The number of H-pyrrole nitrogens is 1. The maximum Gasteiger partial charge on any atom is 0.183 e. The highest BCUT2D eigenvalue weighted by Gasteiger charge is 2.06. The zero-order chi connectivity index (χ0) is 10.7. The molecule has 0 aliphatic rings. The van der Waals surface area contributed by atoms with Crippen LogP contribution in [0.5, 0.6) is 0 Å². The SMILES string of the molecule is COCCSc1nc2ncnc(N)c2[nH]1. The molecule has 0 unspecified atom stereocenters. The Balaban J connectivity index is 2.20. The van der Waals surface area contributed by atoms with Gasteiger partial charge in [-0.05, 0) is 0 Å². The number of nitrogens with two attached hydrogens (primary N) is 1. The number of aromatic amines is 1. The number of methoxy groups -OCH3 is 1. The van der Waals surface area contributed by atoms with Gasteiger partial charge in [0, 0.05) is 12.9 Å². The van der Waals surface area contributed by atoms with Crippen LogP contribution < -0.4 is 5.73 Å². The monoisotopic (exact) mass is 225 g/mol. The first-order valence-electron chi connectivity index (χ1n) is 4.39. The predicted octanol–water partition coefficient (Wildman–Crippen LogP) is 0.674. The second kappa shape index (κ2) is 4.45. The molecular weight excluding hydrogens is 214 g/mol. The molecule has 2 aromatic heterocycles. The summed E-state index contributed by atoms with van der Waals surface area (Å²) in [5.41, 5.74) is 6.96. The second-order valence-electron chi connectivity index (χ2n) is 2.84. The number of fused-ring (bicyclic) bond motifs is 1. The van der Waals surface area contributed by atoms with Crippen molar-refractivity contribution in [2.75, 3.05) is 25.2 Å². The predicted molar refractivity (Wildman–Crippen MR) is 58.7 cm³/mol. The zero-order valence-electron chi connectivity index (χ0n) is 8.23. The van der Waals surface area contributed by atoms with Crippen molar-refractivity contribution >= 4 is 28.7 Å². The first-order valence-corrected chi connectivity index (χ1v) is 5.37. The van der Waals surface area contributed by atoms with E-state index in [2.05, 4.69) is 19.9 Å². The van der Waals surface area contributed by atoms with Gasteiger partial charge in [-0.25, -0.2) is 15.0 Å². The molecule has 0 aliphatic heterocycles. The number of aromatic nitrogens is 4. The van der Waals surface area contributed by atoms with E-state index in [0.29, 0.717) is 23.6 Å². The van der Waals surface area contributed by atoms with E-state index in [-0.39, 0.29) is 0 Å². The van der Waals surface area contributed by atoms with Crippen LogP contribution in [0.3, 0.4) is 0 Å². The topological polar surface area (TPSA) is 89.7 Å². The smallest absolute Gasteiger partial charge is 0.183 e. The molecule has 0 aromatic carbocycles. The lowest BCUT2D eigenvalue weighted by atomic mass is 10.5. The maximum absolute atomic E-state index is 5.67. The Kier molecular flexibility index (Phi) is 3.02. The molecule has 0 radical (unpaired) electrons. The van der Waals surface area contributed by atoms with E-state index in [1.54, 1.807) is 18.9 Å². The van der Waals surface area contributed by atoms with Crippen molar-refractivity contribution in [1.82, 2.24) is 19.9 Å². The van der Waals surface area contributed by atoms with Crippen molar-refractivity contribution < 1.29 is 4.74 Å². The van der Waals surface area contributed by atoms with Gasteiger partial charge in [-0.3, -0.25) is 0 Å². The Bertz CT molecular complexity index is 457. The molecule has 2 heterocycles. The average molecular weight is 225 g/mol. The number of hydrogen-bond donors (Lipinski definition) is 2. The van der Waals surface area contributed by atoms with Crippen LogP contribution in [0, 0.1) is 0 Å². The molecule has 0 bridgehead atoms. The van der Waals surface area contributed by atoms with Gasteiger partial charge in [-0.15, -0.1) is 0 Å². The maximum atomic E-state index is 5.67. The summed E-state index contributed by atoms with van der Waals surface area (Å²) in [6, 6.07) is 0. The van der Waals surface area contributed by atoms with Gasteiger partial charge in [0.2, 0.25) is 0 Å². The van der Waals surface area contributed by atoms with Crippen LogP contribution in [0.4, 0.5) is 5.82 Å². The van der Waals surface area contributed by atoms with Crippen molar-refractivity contribution in [2.24, 2.45) is 0 Å². The number of nitrogens with one attached hydrogen (secondary N) is 1. The number of hydrogen-bond acceptors (Lipinski definition) is 6. The minimum atomic E-state index is 0.422. The summed E-state index contributed by atoms with van der Waals surface area (Å²) >= 11 is 1.56. The molecular formula is C8H11N5OS. The number of nitrogen functional groups attached to an aromatic ring is 1. The summed E-state index contributed by atoms with van der Waals surface area (Å²) in [7, 11) is 1.67. The molecule has 0 fully saturated rings. The van der Waals surface area contributed by atoms with Crippen molar-refractivity contribution in [3.8, 4) is 0 Å². The molecule has 2 rings (SSSR count). The molecule has 15 heavy (non-hydrogen) atoms. The molecule has 7 heteroatoms. The third-order valence-electron chi connectivity index (χ3n) is 1.82. The van der Waals surface area contributed by atoms with Crippen LogP contribution in [0.15, 0.2) is 11.5 Å². The number of anilines is 1. The van der Waals surface area contributed by atoms with Gasteiger partial charge in [-0.1, -0.05) is 11.8 Å². The highest BCUT2D eigenvalue weighted by molar-refractivity contribution is 7.99. The van der Waals surface area contributed by atoms with Crippen LogP contribution in [-0.4, -0.2) is 39.4 Å². The highest BCUT2D eigenvalue weighted by Crippen LogP contribution is 2.19. The molecule has 6 nitrogen and oxygen atoms in total. The number of thioether (sulfide) groups is 1. The van der Waals surface area contributed by atoms with E-state index in [1.807, 2.05) is 0 Å². The van der Waals surface area contributed by atoms with Crippen molar-refractivity contribution in [1.29, 1.82) is 0 Å². The lowest BCUT2D eigenvalue weighted by Crippen LogP contribution is -1.92. The molecule has 0 saturated carbocycles. The number of ether oxygens (including phenoxy) is 1. The van der Waals surface area contributed by atoms with E-state index in [9.17, 15) is 0 Å². The Morgan fingerprint density at radius 1 is 1.53 bits per heavy atom. The quantitative estimate of drug-likeness (QED) is 0.587. The van der Waals surface area contributed by atoms with Gasteiger partial charge in [0.05, 0.1) is 6.61 Å². The minimum Gasteiger partial charge on any atom is -0.384 e. The van der Waals surface area contributed by atoms with Crippen molar-refractivity contribution in [3.63, 3.8) is 0 Å². The molecule has 2 aromatic rings. The molecule has 80 valence electrons. The number of imidazole rings is 1.